The quantitative estimate of drug-likeness (QED) is 0.0590. The highest BCUT2D eigenvalue weighted by Gasteiger charge is 2.39. The number of nitrogens with two attached hydrogens (primary N) is 2. The lowest BCUT2D eigenvalue weighted by molar-refractivity contribution is -0.141. The number of nitrogens with zero attached hydrogens (tertiary/aromatic N) is 6. The summed E-state index contributed by atoms with van der Waals surface area (Å²) in [6.07, 6.45) is 4.38. The van der Waals surface area contributed by atoms with Crippen LogP contribution in [0.25, 0.3) is 17.1 Å². The van der Waals surface area contributed by atoms with Crippen molar-refractivity contribution >= 4 is 46.5 Å². The van der Waals surface area contributed by atoms with Crippen LogP contribution in [0.5, 0.6) is 0 Å². The molecule has 4 rings (SSSR count). The van der Waals surface area contributed by atoms with E-state index in [-0.39, 0.29) is 52.3 Å². The van der Waals surface area contributed by atoms with Crippen LogP contribution in [0.4, 0.5) is 24.5 Å². The molecule has 2 amide bonds. The molecule has 274 valence electrons. The Morgan fingerprint density at radius 2 is 1.87 bits per heavy atom. The van der Waals surface area contributed by atoms with Crippen molar-refractivity contribution in [3.8, 4) is 17.1 Å². The topological polar surface area (TPSA) is 208 Å². The number of nitrogens with one attached hydrogen (secondary N) is 2. The molecule has 3 heterocycles. The van der Waals surface area contributed by atoms with Gasteiger partial charge < -0.3 is 31.8 Å². The van der Waals surface area contributed by atoms with E-state index < -0.39 is 29.7 Å². The van der Waals surface area contributed by atoms with Gasteiger partial charge in [-0.3, -0.25) is 19.4 Å². The number of carboxylic acids is 1. The molecule has 7 N–H and O–H groups in total. The molecule has 0 aliphatic heterocycles. The minimum Gasteiger partial charge on any atom is -0.480 e. The molecule has 0 aliphatic rings. The van der Waals surface area contributed by atoms with Crippen molar-refractivity contribution in [2.24, 2.45) is 17.8 Å². The molecule has 0 bridgehead atoms. The van der Waals surface area contributed by atoms with Gasteiger partial charge in [0.2, 0.25) is 0 Å². The van der Waals surface area contributed by atoms with E-state index in [1.807, 2.05) is 0 Å². The van der Waals surface area contributed by atoms with Gasteiger partial charge in [-0.1, -0.05) is 24.3 Å². The maximum Gasteiger partial charge on any atom is 0.435 e. The summed E-state index contributed by atoms with van der Waals surface area (Å²) in [4.78, 5) is 49.1. The van der Waals surface area contributed by atoms with E-state index in [0.29, 0.717) is 43.6 Å². The van der Waals surface area contributed by atoms with Crippen LogP contribution in [0.15, 0.2) is 78.2 Å². The number of aromatic nitrogens is 5. The second-order valence-corrected chi connectivity index (χ2v) is 11.7. The van der Waals surface area contributed by atoms with Crippen LogP contribution in [-0.2, 0) is 18.0 Å². The Hall–Kier alpha value is -5.81. The smallest absolute Gasteiger partial charge is 0.435 e. The Kier molecular flexibility index (Phi) is 13.1. The Morgan fingerprint density at radius 1 is 1.10 bits per heavy atom. The molecule has 4 aromatic rings. The summed E-state index contributed by atoms with van der Waals surface area (Å²) in [5.41, 5.74) is 11.8. The van der Waals surface area contributed by atoms with E-state index in [1.54, 1.807) is 12.2 Å². The number of benzene rings is 1. The van der Waals surface area contributed by atoms with Crippen LogP contribution in [0, 0.1) is 0 Å². The van der Waals surface area contributed by atoms with Crippen molar-refractivity contribution in [2.75, 3.05) is 30.7 Å². The first-order chi connectivity index (χ1) is 24.7. The number of aliphatic carboxylic acids is 1. The highest BCUT2D eigenvalue weighted by atomic mass is 35.5. The van der Waals surface area contributed by atoms with E-state index in [4.69, 9.17) is 28.2 Å². The molecule has 52 heavy (non-hydrogen) atoms. The summed E-state index contributed by atoms with van der Waals surface area (Å²) in [5, 5.41) is 18.1. The third-order valence-electron chi connectivity index (χ3n) is 7.52. The van der Waals surface area contributed by atoms with Crippen molar-refractivity contribution in [1.29, 1.82) is 0 Å². The van der Waals surface area contributed by atoms with E-state index in [9.17, 15) is 27.6 Å². The minimum atomic E-state index is -4.83. The number of imidazole rings is 1. The van der Waals surface area contributed by atoms with Crippen LogP contribution < -0.4 is 22.1 Å². The van der Waals surface area contributed by atoms with Gasteiger partial charge in [-0.05, 0) is 74.2 Å². The number of nitrogen functional groups attached to an aromatic ring is 1. The van der Waals surface area contributed by atoms with E-state index in [1.165, 1.54) is 48.1 Å². The van der Waals surface area contributed by atoms with Crippen molar-refractivity contribution in [2.45, 2.75) is 31.9 Å². The first kappa shape index (κ1) is 39.0. The number of alkyl halides is 3. The molecular weight excluding hydrogens is 705 g/mol. The maximum atomic E-state index is 14.0. The zero-order valence-corrected chi connectivity index (χ0v) is 28.7. The van der Waals surface area contributed by atoms with Crippen LogP contribution in [0.2, 0.25) is 5.02 Å². The lowest BCUT2D eigenvalue weighted by Crippen LogP contribution is -2.25. The molecule has 0 spiro atoms. The van der Waals surface area contributed by atoms with Gasteiger partial charge in [0.15, 0.2) is 17.3 Å². The molecule has 0 radical (unpaired) electrons. The van der Waals surface area contributed by atoms with Crippen LogP contribution >= 0.6 is 11.6 Å². The number of carbonyl (C=O) groups is 3. The summed E-state index contributed by atoms with van der Waals surface area (Å²) >= 11 is 6.38. The predicted molar refractivity (Wildman–Crippen MR) is 190 cm³/mol. The van der Waals surface area contributed by atoms with E-state index in [2.05, 4.69) is 37.3 Å². The number of aliphatic imine (C=N–C) groups is 1. The van der Waals surface area contributed by atoms with E-state index in [0.717, 1.165) is 22.6 Å². The summed E-state index contributed by atoms with van der Waals surface area (Å²) < 4.78 is 44.2. The van der Waals surface area contributed by atoms with Gasteiger partial charge in [0.1, 0.15) is 6.54 Å². The van der Waals surface area contributed by atoms with Crippen LogP contribution in [-0.4, -0.2) is 72.6 Å². The third-order valence-corrected chi connectivity index (χ3v) is 7.84. The highest BCUT2D eigenvalue weighted by molar-refractivity contribution is 6.34. The molecule has 3 aromatic heterocycles. The highest BCUT2D eigenvalue weighted by Crippen LogP contribution is 2.37. The van der Waals surface area contributed by atoms with Crippen LogP contribution in [0.1, 0.15) is 52.4 Å². The predicted octanol–water partition coefficient (Wildman–Crippen LogP) is 5.06. The molecule has 0 atom stereocenters. The number of hydrogen-bond acceptors (Lipinski definition) is 9. The average Bonchev–Trinajstić information content (AvgIpc) is 3.71. The SMILES string of the molecule is C=C/C(=C\C(CCCN)=NCC(=O)O)CCCNC(=O)c1ccc(NC(=O)c2ncc(-c3cn(-c4ccc(N)cn4)nc3C(F)(F)F)n2C)cc1Cl. The molecule has 1 aromatic carbocycles. The van der Waals surface area contributed by atoms with Gasteiger partial charge in [0.05, 0.1) is 39.9 Å². The summed E-state index contributed by atoms with van der Waals surface area (Å²) in [6.45, 7) is 4.17. The van der Waals surface area contributed by atoms with Gasteiger partial charge in [0, 0.05) is 31.2 Å². The number of anilines is 2. The monoisotopic (exact) mass is 740 g/mol. The number of carboxylic acid groups (broad SMARTS) is 1. The van der Waals surface area contributed by atoms with Crippen LogP contribution in [0.3, 0.4) is 0 Å². The Bertz CT molecular complexity index is 2000. The molecular formula is C34H36ClF3N10O4. The minimum absolute atomic E-state index is 0.0294. The Balaban J connectivity index is 1.40. The molecule has 0 unspecified atom stereocenters. The van der Waals surface area contributed by atoms with Crippen molar-refractivity contribution in [3.05, 3.63) is 95.3 Å². The summed E-state index contributed by atoms with van der Waals surface area (Å²) in [7, 11) is 1.39. The second-order valence-electron chi connectivity index (χ2n) is 11.3. The van der Waals surface area contributed by atoms with Gasteiger partial charge in [-0.2, -0.15) is 18.3 Å². The van der Waals surface area contributed by atoms with Crippen molar-refractivity contribution in [1.82, 2.24) is 29.6 Å². The number of carbonyl (C=O) groups excluding carboxylic acids is 2. The lowest BCUT2D eigenvalue weighted by Gasteiger charge is -2.11. The van der Waals surface area contributed by atoms with E-state index >= 15 is 0 Å². The third kappa shape index (κ3) is 10.1. The summed E-state index contributed by atoms with van der Waals surface area (Å²) in [5.74, 6) is -2.34. The number of halogens is 4. The normalized spacial score (nSPS) is 12.1. The van der Waals surface area contributed by atoms with Crippen molar-refractivity contribution in [3.63, 3.8) is 0 Å². The number of allylic oxidation sites excluding steroid dienone is 3. The number of amides is 2. The fourth-order valence-electron chi connectivity index (χ4n) is 4.94. The van der Waals surface area contributed by atoms with Gasteiger partial charge in [-0.15, -0.1) is 0 Å². The largest absolute Gasteiger partial charge is 0.480 e. The average molecular weight is 741 g/mol. The first-order valence-corrected chi connectivity index (χ1v) is 16.2. The molecule has 0 fully saturated rings. The number of rotatable bonds is 16. The Morgan fingerprint density at radius 3 is 2.50 bits per heavy atom. The maximum absolute atomic E-state index is 14.0. The lowest BCUT2D eigenvalue weighted by atomic mass is 10.1. The zero-order valence-electron chi connectivity index (χ0n) is 28.0. The fraction of sp³-hybridized carbons (Fsp3) is 0.265. The number of pyridine rings is 1. The Labute approximate surface area is 301 Å². The molecule has 0 saturated carbocycles. The zero-order chi connectivity index (χ0) is 38.0. The standard InChI is InChI=1S/C34H36ClF3N10O4/c1-3-20(14-22(7-4-12-39)42-18-29(49)50)6-5-13-41-32(51)24-10-9-23(15-26(24)35)45-33(52)31-44-17-27(47(31)2)25-19-48(46-30(25)34(36,37)38)28-11-8-21(40)16-43-28/h3,8-11,14-17,19H,1,4-7,12-13,18,39-40H2,2H3,(H,41,51)(H,45,52)(H,49,50)/b20-14+,42-22?. The first-order valence-electron chi connectivity index (χ1n) is 15.8. The number of hydrogen-bond donors (Lipinski definition) is 5. The molecule has 18 heteroatoms. The summed E-state index contributed by atoms with van der Waals surface area (Å²) in [6, 6.07) is 7.12. The second kappa shape index (κ2) is 17.4. The van der Waals surface area contributed by atoms with Gasteiger partial charge in [-0.25, -0.2) is 14.6 Å². The molecule has 14 nitrogen and oxygen atoms in total. The molecule has 0 aliphatic carbocycles. The van der Waals surface area contributed by atoms with Crippen molar-refractivity contribution < 1.29 is 32.7 Å². The molecule has 0 saturated heterocycles. The fourth-order valence-corrected chi connectivity index (χ4v) is 5.21. The van der Waals surface area contributed by atoms with Gasteiger partial charge >= 0.3 is 12.1 Å². The van der Waals surface area contributed by atoms with Gasteiger partial charge in [0.25, 0.3) is 11.8 Å².